The highest BCUT2D eigenvalue weighted by molar-refractivity contribution is 5.21. The van der Waals surface area contributed by atoms with E-state index in [1.165, 1.54) is 6.07 Å². The van der Waals surface area contributed by atoms with Crippen molar-refractivity contribution in [1.29, 1.82) is 0 Å². The minimum Gasteiger partial charge on any atom is -0.330 e. The predicted octanol–water partition coefficient (Wildman–Crippen LogP) is 2.46. The molecule has 0 radical (unpaired) electrons. The van der Waals surface area contributed by atoms with Gasteiger partial charge in [-0.3, -0.25) is 0 Å². The van der Waals surface area contributed by atoms with E-state index < -0.39 is 0 Å². The van der Waals surface area contributed by atoms with Crippen LogP contribution < -0.4 is 11.1 Å². The van der Waals surface area contributed by atoms with E-state index in [0.29, 0.717) is 12.1 Å². The lowest BCUT2D eigenvalue weighted by Crippen LogP contribution is -2.30. The van der Waals surface area contributed by atoms with E-state index >= 15 is 0 Å². The Balaban J connectivity index is 2.87. The molecule has 3 N–H and O–H groups in total. The van der Waals surface area contributed by atoms with Crippen LogP contribution in [0.5, 0.6) is 0 Å². The summed E-state index contributed by atoms with van der Waals surface area (Å²) in [6, 6.07) is 6.90. The van der Waals surface area contributed by atoms with Crippen LogP contribution in [0.3, 0.4) is 0 Å². The summed E-state index contributed by atoms with van der Waals surface area (Å²) in [6.07, 6.45) is 0.820. The lowest BCUT2D eigenvalue weighted by atomic mass is 9.83. The van der Waals surface area contributed by atoms with Crippen molar-refractivity contribution in [2.24, 2.45) is 11.1 Å². The molecule has 0 spiro atoms. The Morgan fingerprint density at radius 2 is 2.00 bits per heavy atom. The molecule has 0 aromatic heterocycles. The van der Waals surface area contributed by atoms with Crippen molar-refractivity contribution in [3.05, 3.63) is 35.6 Å². The van der Waals surface area contributed by atoms with Crippen LogP contribution in [-0.2, 0) is 0 Å². The van der Waals surface area contributed by atoms with Gasteiger partial charge in [0, 0.05) is 11.6 Å². The molecule has 2 nitrogen and oxygen atoms in total. The number of hydrogen-bond acceptors (Lipinski definition) is 2. The van der Waals surface area contributed by atoms with Crippen molar-refractivity contribution in [1.82, 2.24) is 5.32 Å². The first-order valence-corrected chi connectivity index (χ1v) is 5.62. The molecule has 1 aromatic carbocycles. The van der Waals surface area contributed by atoms with Crippen molar-refractivity contribution in [3.8, 4) is 0 Å². The van der Waals surface area contributed by atoms with Crippen LogP contribution in [-0.4, -0.2) is 13.6 Å². The number of nitrogens with one attached hydrogen (secondary N) is 1. The van der Waals surface area contributed by atoms with E-state index in [1.807, 2.05) is 19.2 Å². The van der Waals surface area contributed by atoms with Crippen molar-refractivity contribution in [2.75, 3.05) is 13.6 Å². The maximum absolute atomic E-state index is 13.6. The summed E-state index contributed by atoms with van der Waals surface area (Å²) in [4.78, 5) is 0. The highest BCUT2D eigenvalue weighted by Crippen LogP contribution is 2.29. The predicted molar refractivity (Wildman–Crippen MR) is 65.7 cm³/mol. The second-order valence-corrected chi connectivity index (χ2v) is 4.94. The Bertz CT molecular complexity index is 336. The molecule has 0 heterocycles. The first kappa shape index (κ1) is 13.1. The number of halogens is 1. The normalized spacial score (nSPS) is 13.8. The van der Waals surface area contributed by atoms with Gasteiger partial charge in [0.2, 0.25) is 0 Å². The van der Waals surface area contributed by atoms with Crippen molar-refractivity contribution in [3.63, 3.8) is 0 Å². The fraction of sp³-hybridized carbons (Fsp3) is 0.538. The highest BCUT2D eigenvalue weighted by atomic mass is 19.1. The van der Waals surface area contributed by atoms with Crippen LogP contribution in [0.25, 0.3) is 0 Å². The minimum absolute atomic E-state index is 0.00988. The molecule has 0 fully saturated rings. The molecular weight excluding hydrogens is 203 g/mol. The summed E-state index contributed by atoms with van der Waals surface area (Å²) in [5.41, 5.74) is 6.43. The molecule has 3 heteroatoms. The molecule has 0 aliphatic carbocycles. The molecule has 0 aliphatic rings. The third-order valence-electron chi connectivity index (χ3n) is 2.94. The van der Waals surface area contributed by atoms with Gasteiger partial charge in [0.1, 0.15) is 5.82 Å². The Morgan fingerprint density at radius 1 is 1.38 bits per heavy atom. The van der Waals surface area contributed by atoms with Crippen molar-refractivity contribution in [2.45, 2.75) is 26.3 Å². The fourth-order valence-corrected chi connectivity index (χ4v) is 1.76. The highest BCUT2D eigenvalue weighted by Gasteiger charge is 2.23. The molecule has 0 amide bonds. The summed E-state index contributed by atoms with van der Waals surface area (Å²) < 4.78 is 13.6. The van der Waals surface area contributed by atoms with E-state index in [9.17, 15) is 4.39 Å². The standard InChI is InChI=1S/C13H21FN2/c1-13(2,9-15)8-12(16-3)10-6-4-5-7-11(10)14/h4-7,12,16H,8-9,15H2,1-3H3. The van der Waals surface area contributed by atoms with Gasteiger partial charge < -0.3 is 11.1 Å². The van der Waals surface area contributed by atoms with E-state index in [4.69, 9.17) is 5.73 Å². The maximum Gasteiger partial charge on any atom is 0.127 e. The summed E-state index contributed by atoms with van der Waals surface area (Å²) in [5.74, 6) is -0.158. The third kappa shape index (κ3) is 3.29. The first-order chi connectivity index (χ1) is 7.50. The van der Waals surface area contributed by atoms with Crippen LogP contribution in [0.2, 0.25) is 0 Å². The van der Waals surface area contributed by atoms with Gasteiger partial charge in [0.15, 0.2) is 0 Å². The molecule has 0 saturated carbocycles. The van der Waals surface area contributed by atoms with E-state index in [0.717, 1.165) is 6.42 Å². The first-order valence-electron chi connectivity index (χ1n) is 5.62. The zero-order valence-electron chi connectivity index (χ0n) is 10.3. The SMILES string of the molecule is CNC(CC(C)(C)CN)c1ccccc1F. The summed E-state index contributed by atoms with van der Waals surface area (Å²) in [6.45, 7) is 4.79. The summed E-state index contributed by atoms with van der Waals surface area (Å²) >= 11 is 0. The molecule has 1 aromatic rings. The quantitative estimate of drug-likeness (QED) is 0.806. The molecule has 1 rings (SSSR count). The van der Waals surface area contributed by atoms with Crippen LogP contribution in [0.4, 0.5) is 4.39 Å². The second-order valence-electron chi connectivity index (χ2n) is 4.94. The monoisotopic (exact) mass is 224 g/mol. The Labute approximate surface area is 97.0 Å². The van der Waals surface area contributed by atoms with Crippen LogP contribution in [0.15, 0.2) is 24.3 Å². The average molecular weight is 224 g/mol. The maximum atomic E-state index is 13.6. The Kier molecular flexibility index (Phi) is 4.44. The van der Waals surface area contributed by atoms with Crippen molar-refractivity contribution >= 4 is 0 Å². The van der Waals surface area contributed by atoms with Gasteiger partial charge >= 0.3 is 0 Å². The van der Waals surface area contributed by atoms with Gasteiger partial charge in [-0.2, -0.15) is 0 Å². The molecule has 0 bridgehead atoms. The molecule has 90 valence electrons. The molecule has 0 aliphatic heterocycles. The van der Waals surface area contributed by atoms with E-state index in [-0.39, 0.29) is 17.3 Å². The minimum atomic E-state index is -0.158. The third-order valence-corrected chi connectivity index (χ3v) is 2.94. The fourth-order valence-electron chi connectivity index (χ4n) is 1.76. The summed E-state index contributed by atoms with van der Waals surface area (Å²) in [7, 11) is 1.85. The summed E-state index contributed by atoms with van der Waals surface area (Å²) in [5, 5.41) is 3.15. The smallest absolute Gasteiger partial charge is 0.127 e. The van der Waals surface area contributed by atoms with E-state index in [2.05, 4.69) is 19.2 Å². The number of nitrogens with two attached hydrogens (primary N) is 1. The van der Waals surface area contributed by atoms with Crippen LogP contribution in [0.1, 0.15) is 31.9 Å². The zero-order chi connectivity index (χ0) is 12.2. The van der Waals surface area contributed by atoms with Crippen LogP contribution in [0, 0.1) is 11.2 Å². The second kappa shape index (κ2) is 5.41. The molecular formula is C13H21FN2. The Hall–Kier alpha value is -0.930. The van der Waals surface area contributed by atoms with Gasteiger partial charge in [-0.05, 0) is 31.5 Å². The van der Waals surface area contributed by atoms with Crippen LogP contribution >= 0.6 is 0 Å². The van der Waals surface area contributed by atoms with Gasteiger partial charge in [-0.1, -0.05) is 32.0 Å². The number of benzene rings is 1. The lowest BCUT2D eigenvalue weighted by molar-refractivity contribution is 0.295. The molecule has 0 saturated heterocycles. The molecule has 1 atom stereocenters. The van der Waals surface area contributed by atoms with Gasteiger partial charge in [0.25, 0.3) is 0 Å². The number of hydrogen-bond donors (Lipinski definition) is 2. The largest absolute Gasteiger partial charge is 0.330 e. The van der Waals surface area contributed by atoms with E-state index in [1.54, 1.807) is 6.07 Å². The van der Waals surface area contributed by atoms with Gasteiger partial charge in [0.05, 0.1) is 0 Å². The topological polar surface area (TPSA) is 38.0 Å². The number of rotatable bonds is 5. The molecule has 16 heavy (non-hydrogen) atoms. The lowest BCUT2D eigenvalue weighted by Gasteiger charge is -2.28. The zero-order valence-corrected chi connectivity index (χ0v) is 10.3. The van der Waals surface area contributed by atoms with Crippen molar-refractivity contribution < 1.29 is 4.39 Å². The Morgan fingerprint density at radius 3 is 2.50 bits per heavy atom. The van der Waals surface area contributed by atoms with Gasteiger partial charge in [-0.15, -0.1) is 0 Å². The van der Waals surface area contributed by atoms with Gasteiger partial charge in [-0.25, -0.2) is 4.39 Å². The average Bonchev–Trinajstić information content (AvgIpc) is 2.27. The molecule has 1 unspecified atom stereocenters.